The zero-order valence-corrected chi connectivity index (χ0v) is 10.4. The molecule has 94 valence electrons. The molecule has 4 heteroatoms. The fraction of sp³-hybridized carbons (Fsp3) is 0.462. The van der Waals surface area contributed by atoms with Crippen LogP contribution in [0, 0.1) is 0 Å². The number of likely N-dealkylation sites (N-methyl/N-ethyl adjacent to an activating group) is 1. The van der Waals surface area contributed by atoms with Gasteiger partial charge in [0.25, 0.3) is 0 Å². The molecule has 0 spiro atoms. The number of aliphatic hydroxyl groups excluding tert-OH is 1. The van der Waals surface area contributed by atoms with Gasteiger partial charge < -0.3 is 14.7 Å². The van der Waals surface area contributed by atoms with Crippen molar-refractivity contribution in [3.8, 4) is 0 Å². The predicted molar refractivity (Wildman–Crippen MR) is 64.9 cm³/mol. The lowest BCUT2D eigenvalue weighted by Crippen LogP contribution is -3.08. The quantitative estimate of drug-likeness (QED) is 0.679. The van der Waals surface area contributed by atoms with Gasteiger partial charge in [-0.15, -0.1) is 0 Å². The highest BCUT2D eigenvalue weighted by atomic mass is 16.5. The van der Waals surface area contributed by atoms with Crippen LogP contribution in [0.2, 0.25) is 0 Å². The number of carbonyl (C=O) groups is 1. The van der Waals surface area contributed by atoms with Crippen molar-refractivity contribution in [3.05, 3.63) is 35.4 Å². The Labute approximate surface area is 102 Å². The minimum absolute atomic E-state index is 0.170. The Bertz CT molecular complexity index is 365. The molecular formula is C13H20NO3+. The molecule has 0 fully saturated rings. The maximum Gasteiger partial charge on any atom is 0.338 e. The molecule has 4 nitrogen and oxygen atoms in total. The van der Waals surface area contributed by atoms with Crippen molar-refractivity contribution < 1.29 is 19.5 Å². The van der Waals surface area contributed by atoms with E-state index in [1.165, 1.54) is 4.90 Å². The third-order valence-corrected chi connectivity index (χ3v) is 2.48. The second-order valence-corrected chi connectivity index (χ2v) is 4.03. The van der Waals surface area contributed by atoms with E-state index in [1.807, 2.05) is 25.2 Å². The van der Waals surface area contributed by atoms with Crippen molar-refractivity contribution in [2.75, 3.05) is 26.8 Å². The molecule has 1 aromatic carbocycles. The normalized spacial score (nSPS) is 12.2. The van der Waals surface area contributed by atoms with Gasteiger partial charge in [0.15, 0.2) is 0 Å². The molecule has 0 aromatic heterocycles. The summed E-state index contributed by atoms with van der Waals surface area (Å²) in [5.74, 6) is -0.283. The lowest BCUT2D eigenvalue weighted by Gasteiger charge is -2.12. The number of hydrogen-bond donors (Lipinski definition) is 2. The number of esters is 1. The van der Waals surface area contributed by atoms with Gasteiger partial charge in [0, 0.05) is 5.56 Å². The van der Waals surface area contributed by atoms with Gasteiger partial charge in [-0.05, 0) is 19.1 Å². The first-order valence-corrected chi connectivity index (χ1v) is 5.85. The Morgan fingerprint density at radius 2 is 2.24 bits per heavy atom. The molecule has 0 saturated carbocycles. The standard InChI is InChI=1S/C13H19NO3/c1-3-17-13(16)12-6-4-5-11(9-12)10-14(2)7-8-15/h4-6,9,15H,3,7-8,10H2,1-2H3/p+1. The number of aliphatic hydroxyl groups is 1. The van der Waals surface area contributed by atoms with E-state index < -0.39 is 0 Å². The van der Waals surface area contributed by atoms with Gasteiger partial charge in [0.05, 0.1) is 25.8 Å². The van der Waals surface area contributed by atoms with Gasteiger partial charge in [-0.1, -0.05) is 12.1 Å². The SMILES string of the molecule is CCOC(=O)c1cccc(C[NH+](C)CCO)c1. The molecule has 0 amide bonds. The Morgan fingerprint density at radius 3 is 2.88 bits per heavy atom. The molecule has 17 heavy (non-hydrogen) atoms. The van der Waals surface area contributed by atoms with Crippen LogP contribution in [-0.2, 0) is 11.3 Å². The third kappa shape index (κ3) is 4.54. The van der Waals surface area contributed by atoms with Gasteiger partial charge in [-0.25, -0.2) is 4.79 Å². The number of hydrogen-bond acceptors (Lipinski definition) is 3. The van der Waals surface area contributed by atoms with Crippen molar-refractivity contribution >= 4 is 5.97 Å². The molecule has 2 N–H and O–H groups in total. The number of rotatable bonds is 6. The molecule has 0 saturated heterocycles. The van der Waals surface area contributed by atoms with Crippen LogP contribution in [0.4, 0.5) is 0 Å². The molecule has 0 aliphatic carbocycles. The van der Waals surface area contributed by atoms with Crippen molar-refractivity contribution in [2.24, 2.45) is 0 Å². The average Bonchev–Trinajstić information content (AvgIpc) is 2.30. The summed E-state index contributed by atoms with van der Waals surface area (Å²) >= 11 is 0. The maximum absolute atomic E-state index is 11.5. The summed E-state index contributed by atoms with van der Waals surface area (Å²) < 4.78 is 4.95. The fourth-order valence-electron chi connectivity index (χ4n) is 1.65. The Balaban J connectivity index is 2.68. The summed E-state index contributed by atoms with van der Waals surface area (Å²) in [6.45, 7) is 3.83. The molecule has 0 aliphatic heterocycles. The van der Waals surface area contributed by atoms with Gasteiger partial charge in [-0.3, -0.25) is 0 Å². The first-order chi connectivity index (χ1) is 8.17. The number of nitrogens with one attached hydrogen (secondary N) is 1. The van der Waals surface area contributed by atoms with Crippen LogP contribution in [0.1, 0.15) is 22.8 Å². The van der Waals surface area contributed by atoms with Crippen molar-refractivity contribution in [3.63, 3.8) is 0 Å². The lowest BCUT2D eigenvalue weighted by molar-refractivity contribution is -0.894. The second kappa shape index (κ2) is 7.04. The van der Waals surface area contributed by atoms with Gasteiger partial charge >= 0.3 is 5.97 Å². The predicted octanol–water partition coefficient (Wildman–Crippen LogP) is -0.130. The van der Waals surface area contributed by atoms with Gasteiger partial charge in [0.1, 0.15) is 13.1 Å². The first kappa shape index (κ1) is 13.7. The van der Waals surface area contributed by atoms with E-state index in [9.17, 15) is 4.79 Å². The van der Waals surface area contributed by atoms with E-state index >= 15 is 0 Å². The summed E-state index contributed by atoms with van der Waals surface area (Å²) in [7, 11) is 2.01. The smallest absolute Gasteiger partial charge is 0.338 e. The summed E-state index contributed by atoms with van der Waals surface area (Å²) in [6.07, 6.45) is 0. The molecule has 1 unspecified atom stereocenters. The maximum atomic E-state index is 11.5. The second-order valence-electron chi connectivity index (χ2n) is 4.03. The molecule has 0 bridgehead atoms. The zero-order chi connectivity index (χ0) is 12.7. The van der Waals surface area contributed by atoms with Crippen LogP contribution in [0.5, 0.6) is 0 Å². The van der Waals surface area contributed by atoms with E-state index in [-0.39, 0.29) is 12.6 Å². The number of benzene rings is 1. The average molecular weight is 238 g/mol. The summed E-state index contributed by atoms with van der Waals surface area (Å²) in [4.78, 5) is 12.7. The molecule has 1 aromatic rings. The van der Waals surface area contributed by atoms with Crippen LogP contribution in [0.15, 0.2) is 24.3 Å². The Morgan fingerprint density at radius 1 is 1.47 bits per heavy atom. The largest absolute Gasteiger partial charge is 0.462 e. The van der Waals surface area contributed by atoms with Crippen LogP contribution < -0.4 is 4.90 Å². The molecular weight excluding hydrogens is 218 g/mol. The minimum atomic E-state index is -0.283. The van der Waals surface area contributed by atoms with Gasteiger partial charge in [0.2, 0.25) is 0 Å². The van der Waals surface area contributed by atoms with Crippen molar-refractivity contribution in [2.45, 2.75) is 13.5 Å². The molecule has 0 aliphatic rings. The number of ether oxygens (including phenoxy) is 1. The van der Waals surface area contributed by atoms with Crippen molar-refractivity contribution in [1.82, 2.24) is 0 Å². The topological polar surface area (TPSA) is 51.0 Å². The van der Waals surface area contributed by atoms with E-state index in [0.29, 0.717) is 18.7 Å². The van der Waals surface area contributed by atoms with E-state index in [1.54, 1.807) is 13.0 Å². The summed E-state index contributed by atoms with van der Waals surface area (Å²) in [6, 6.07) is 7.43. The van der Waals surface area contributed by atoms with E-state index in [4.69, 9.17) is 9.84 Å². The summed E-state index contributed by atoms with van der Waals surface area (Å²) in [5.41, 5.74) is 1.66. The molecule has 1 atom stereocenters. The van der Waals surface area contributed by atoms with E-state index in [0.717, 1.165) is 12.1 Å². The van der Waals surface area contributed by atoms with Gasteiger partial charge in [-0.2, -0.15) is 0 Å². The highest BCUT2D eigenvalue weighted by Gasteiger charge is 2.08. The lowest BCUT2D eigenvalue weighted by atomic mass is 10.1. The summed E-state index contributed by atoms with van der Waals surface area (Å²) in [5, 5.41) is 8.83. The molecule has 0 radical (unpaired) electrons. The van der Waals surface area contributed by atoms with Crippen molar-refractivity contribution in [1.29, 1.82) is 0 Å². The monoisotopic (exact) mass is 238 g/mol. The molecule has 0 heterocycles. The zero-order valence-electron chi connectivity index (χ0n) is 10.4. The highest BCUT2D eigenvalue weighted by molar-refractivity contribution is 5.89. The van der Waals surface area contributed by atoms with Crippen LogP contribution in [0.25, 0.3) is 0 Å². The van der Waals surface area contributed by atoms with E-state index in [2.05, 4.69) is 0 Å². The minimum Gasteiger partial charge on any atom is -0.462 e. The van der Waals surface area contributed by atoms with Crippen LogP contribution in [0.3, 0.4) is 0 Å². The fourth-order valence-corrected chi connectivity index (χ4v) is 1.65. The van der Waals surface area contributed by atoms with Crippen LogP contribution >= 0.6 is 0 Å². The highest BCUT2D eigenvalue weighted by Crippen LogP contribution is 2.06. The third-order valence-electron chi connectivity index (χ3n) is 2.48. The Hall–Kier alpha value is -1.39. The van der Waals surface area contributed by atoms with Crippen LogP contribution in [-0.4, -0.2) is 37.9 Å². The number of carbonyl (C=O) groups excluding carboxylic acids is 1. The first-order valence-electron chi connectivity index (χ1n) is 5.85. The number of quaternary nitrogens is 1. The molecule has 1 rings (SSSR count). The Kier molecular flexibility index (Phi) is 5.66.